The third-order valence-electron chi connectivity index (χ3n) is 4.08. The van der Waals surface area contributed by atoms with Gasteiger partial charge in [-0.15, -0.1) is 23.7 Å². The van der Waals surface area contributed by atoms with Crippen LogP contribution in [0.2, 0.25) is 0 Å². The highest BCUT2D eigenvalue weighted by Gasteiger charge is 2.28. The van der Waals surface area contributed by atoms with Crippen molar-refractivity contribution in [1.29, 1.82) is 0 Å². The molecule has 2 heterocycles. The van der Waals surface area contributed by atoms with Crippen LogP contribution in [0.1, 0.15) is 53.1 Å². The van der Waals surface area contributed by atoms with Crippen LogP contribution in [0.4, 0.5) is 0 Å². The molecule has 3 N–H and O–H groups in total. The maximum atomic E-state index is 12.4. The third kappa shape index (κ3) is 5.64. The molecule has 0 aromatic carbocycles. The molecule has 2 unspecified atom stereocenters. The fourth-order valence-electron chi connectivity index (χ4n) is 2.65. The SMILES string of the molecule is CCOC(=O)c1sc(C(C)NC(=O)C(N)C2CCOCC2)nc1C.Cl. The monoisotopic (exact) mass is 391 g/mol. The van der Waals surface area contributed by atoms with Crippen LogP contribution in [-0.4, -0.2) is 42.7 Å². The summed E-state index contributed by atoms with van der Waals surface area (Å²) in [5.74, 6) is -0.435. The highest BCUT2D eigenvalue weighted by Crippen LogP contribution is 2.25. The number of halogens is 1. The maximum absolute atomic E-state index is 12.4. The summed E-state index contributed by atoms with van der Waals surface area (Å²) in [5.41, 5.74) is 6.70. The quantitative estimate of drug-likeness (QED) is 0.718. The second-order valence-corrected chi connectivity index (χ2v) is 6.92. The molecule has 1 saturated heterocycles. The van der Waals surface area contributed by atoms with Gasteiger partial charge in [0.05, 0.1) is 24.4 Å². The fraction of sp³-hybridized carbons (Fsp3) is 0.688. The Kier molecular flexibility index (Phi) is 8.78. The predicted octanol–water partition coefficient (Wildman–Crippen LogP) is 1.98. The minimum atomic E-state index is -0.554. The molecule has 142 valence electrons. The van der Waals surface area contributed by atoms with Crippen molar-refractivity contribution in [3.8, 4) is 0 Å². The van der Waals surface area contributed by atoms with Gasteiger partial charge in [-0.2, -0.15) is 0 Å². The van der Waals surface area contributed by atoms with Crippen LogP contribution in [-0.2, 0) is 14.3 Å². The number of carbonyl (C=O) groups is 2. The lowest BCUT2D eigenvalue weighted by Crippen LogP contribution is -2.47. The topological polar surface area (TPSA) is 104 Å². The van der Waals surface area contributed by atoms with Gasteiger partial charge in [0.1, 0.15) is 9.88 Å². The summed E-state index contributed by atoms with van der Waals surface area (Å²) in [6, 6.07) is -0.864. The van der Waals surface area contributed by atoms with Gasteiger partial charge in [-0.25, -0.2) is 9.78 Å². The lowest BCUT2D eigenvalue weighted by Gasteiger charge is -2.27. The largest absolute Gasteiger partial charge is 0.462 e. The van der Waals surface area contributed by atoms with Crippen molar-refractivity contribution in [1.82, 2.24) is 10.3 Å². The molecule has 0 spiro atoms. The summed E-state index contributed by atoms with van der Waals surface area (Å²) in [4.78, 5) is 29.1. The number of hydrogen-bond acceptors (Lipinski definition) is 7. The summed E-state index contributed by atoms with van der Waals surface area (Å²) >= 11 is 1.24. The van der Waals surface area contributed by atoms with E-state index < -0.39 is 6.04 Å². The Morgan fingerprint density at radius 1 is 1.44 bits per heavy atom. The Labute approximate surface area is 158 Å². The maximum Gasteiger partial charge on any atom is 0.350 e. The normalized spacial score (nSPS) is 17.3. The van der Waals surface area contributed by atoms with E-state index in [9.17, 15) is 9.59 Å². The van der Waals surface area contributed by atoms with Crippen LogP contribution >= 0.6 is 23.7 Å². The molecule has 2 rings (SSSR count). The average Bonchev–Trinajstić information content (AvgIpc) is 2.97. The summed E-state index contributed by atoms with van der Waals surface area (Å²) < 4.78 is 10.3. The van der Waals surface area contributed by atoms with E-state index in [1.807, 2.05) is 6.92 Å². The minimum Gasteiger partial charge on any atom is -0.462 e. The van der Waals surface area contributed by atoms with Gasteiger partial charge in [-0.05, 0) is 39.5 Å². The summed E-state index contributed by atoms with van der Waals surface area (Å²) in [6.45, 7) is 6.97. The van der Waals surface area contributed by atoms with Crippen LogP contribution in [0.3, 0.4) is 0 Å². The standard InChI is InChI=1S/C16H25N3O4S.ClH/c1-4-23-16(21)13-9(2)19-15(24-13)10(3)18-14(20)12(17)11-5-7-22-8-6-11;/h10-12H,4-8,17H2,1-3H3,(H,18,20);1H. The Hall–Kier alpha value is -1.22. The highest BCUT2D eigenvalue weighted by atomic mass is 35.5. The van der Waals surface area contributed by atoms with Gasteiger partial charge in [0.15, 0.2) is 0 Å². The van der Waals surface area contributed by atoms with E-state index in [1.165, 1.54) is 11.3 Å². The molecular formula is C16H26ClN3O4S. The molecule has 0 bridgehead atoms. The van der Waals surface area contributed by atoms with Gasteiger partial charge < -0.3 is 20.5 Å². The Morgan fingerprint density at radius 3 is 2.68 bits per heavy atom. The molecule has 25 heavy (non-hydrogen) atoms. The third-order valence-corrected chi connectivity index (χ3v) is 5.40. The second-order valence-electron chi connectivity index (χ2n) is 5.89. The molecule has 1 aromatic rings. The summed E-state index contributed by atoms with van der Waals surface area (Å²) in [6.07, 6.45) is 1.60. The molecule has 2 atom stereocenters. The van der Waals surface area contributed by atoms with Crippen molar-refractivity contribution in [2.45, 2.75) is 45.7 Å². The molecule has 0 radical (unpaired) electrons. The number of hydrogen-bond donors (Lipinski definition) is 2. The van der Waals surface area contributed by atoms with Crippen molar-refractivity contribution in [2.24, 2.45) is 11.7 Å². The molecule has 1 fully saturated rings. The van der Waals surface area contributed by atoms with Gasteiger partial charge in [0.2, 0.25) is 5.91 Å². The van der Waals surface area contributed by atoms with Crippen LogP contribution < -0.4 is 11.1 Å². The molecule has 1 amide bonds. The lowest BCUT2D eigenvalue weighted by molar-refractivity contribution is -0.125. The minimum absolute atomic E-state index is 0. The first-order valence-corrected chi connectivity index (χ1v) is 9.03. The smallest absolute Gasteiger partial charge is 0.350 e. The zero-order valence-electron chi connectivity index (χ0n) is 14.7. The number of carbonyl (C=O) groups excluding carboxylic acids is 2. The van der Waals surface area contributed by atoms with E-state index >= 15 is 0 Å². The van der Waals surface area contributed by atoms with Crippen molar-refractivity contribution < 1.29 is 19.1 Å². The predicted molar refractivity (Wildman–Crippen MR) is 98.1 cm³/mol. The molecule has 0 saturated carbocycles. The molecule has 1 aromatic heterocycles. The number of nitrogens with zero attached hydrogens (tertiary/aromatic N) is 1. The second kappa shape index (κ2) is 10.1. The number of ether oxygens (including phenoxy) is 2. The number of amides is 1. The number of esters is 1. The number of aromatic nitrogens is 1. The van der Waals surface area contributed by atoms with Crippen molar-refractivity contribution in [3.05, 3.63) is 15.6 Å². The lowest BCUT2D eigenvalue weighted by atomic mass is 9.92. The molecule has 1 aliphatic rings. The first-order valence-electron chi connectivity index (χ1n) is 8.22. The summed E-state index contributed by atoms with van der Waals surface area (Å²) in [5, 5.41) is 3.57. The van der Waals surface area contributed by atoms with E-state index in [-0.39, 0.29) is 36.2 Å². The Morgan fingerprint density at radius 2 is 2.08 bits per heavy atom. The van der Waals surface area contributed by atoms with Crippen LogP contribution in [0.15, 0.2) is 0 Å². The zero-order valence-corrected chi connectivity index (χ0v) is 16.4. The first-order chi connectivity index (χ1) is 11.4. The van der Waals surface area contributed by atoms with Crippen molar-refractivity contribution in [3.63, 3.8) is 0 Å². The van der Waals surface area contributed by atoms with E-state index in [0.717, 1.165) is 12.8 Å². The highest BCUT2D eigenvalue weighted by molar-refractivity contribution is 7.13. The number of rotatable bonds is 6. The Balaban J connectivity index is 0.00000312. The molecule has 1 aliphatic heterocycles. The van der Waals surface area contributed by atoms with Gasteiger partial charge in [-0.1, -0.05) is 0 Å². The van der Waals surface area contributed by atoms with Crippen LogP contribution in [0.25, 0.3) is 0 Å². The molecule has 9 heteroatoms. The van der Waals surface area contributed by atoms with Gasteiger partial charge in [-0.3, -0.25) is 4.79 Å². The molecular weight excluding hydrogens is 366 g/mol. The zero-order chi connectivity index (χ0) is 17.7. The van der Waals surface area contributed by atoms with Gasteiger partial charge in [0.25, 0.3) is 0 Å². The van der Waals surface area contributed by atoms with Crippen molar-refractivity contribution >= 4 is 35.6 Å². The van der Waals surface area contributed by atoms with Crippen LogP contribution in [0, 0.1) is 12.8 Å². The van der Waals surface area contributed by atoms with E-state index in [1.54, 1.807) is 13.8 Å². The molecule has 0 aliphatic carbocycles. The Bertz CT molecular complexity index is 590. The summed E-state index contributed by atoms with van der Waals surface area (Å²) in [7, 11) is 0. The number of nitrogens with two attached hydrogens (primary N) is 1. The number of nitrogens with one attached hydrogen (secondary N) is 1. The van der Waals surface area contributed by atoms with E-state index in [4.69, 9.17) is 15.2 Å². The first kappa shape index (κ1) is 21.8. The fourth-order valence-corrected chi connectivity index (χ4v) is 3.61. The average molecular weight is 392 g/mol. The number of thiazole rings is 1. The van der Waals surface area contributed by atoms with Gasteiger partial charge in [0, 0.05) is 13.2 Å². The van der Waals surface area contributed by atoms with Crippen LogP contribution in [0.5, 0.6) is 0 Å². The van der Waals surface area contributed by atoms with E-state index in [0.29, 0.717) is 35.4 Å². The van der Waals surface area contributed by atoms with Gasteiger partial charge >= 0.3 is 5.97 Å². The van der Waals surface area contributed by atoms with Crippen molar-refractivity contribution in [2.75, 3.05) is 19.8 Å². The molecule has 7 nitrogen and oxygen atoms in total. The number of aryl methyl sites for hydroxylation is 1. The van der Waals surface area contributed by atoms with E-state index in [2.05, 4.69) is 10.3 Å².